The van der Waals surface area contributed by atoms with Gasteiger partial charge in [0.15, 0.2) is 5.12 Å². The van der Waals surface area contributed by atoms with Crippen molar-refractivity contribution >= 4 is 22.8 Å². The fourth-order valence-corrected chi connectivity index (χ4v) is 4.68. The molecule has 0 spiro atoms. The van der Waals surface area contributed by atoms with Crippen LogP contribution in [0, 0.1) is 10.1 Å². The van der Waals surface area contributed by atoms with Gasteiger partial charge < -0.3 is 14.8 Å². The number of unbranched alkanes of at least 4 members (excludes halogenated alkanes) is 1. The number of hydrogen-bond donors (Lipinski definition) is 1. The summed E-state index contributed by atoms with van der Waals surface area (Å²) in [5, 5.41) is 15.2. The number of nitro groups is 1. The number of hydrogen-bond acceptors (Lipinski definition) is 8. The molecule has 0 radical (unpaired) electrons. The first-order valence-electron chi connectivity index (χ1n) is 11.7. The van der Waals surface area contributed by atoms with Crippen LogP contribution < -0.4 is 10.1 Å². The van der Waals surface area contributed by atoms with Gasteiger partial charge >= 0.3 is 5.97 Å². The van der Waals surface area contributed by atoms with Gasteiger partial charge in [0.05, 0.1) is 22.8 Å². The van der Waals surface area contributed by atoms with Crippen molar-refractivity contribution in [1.82, 2.24) is 5.32 Å². The summed E-state index contributed by atoms with van der Waals surface area (Å²) in [5.41, 5.74) is 2.39. The molecule has 0 amide bonds. The summed E-state index contributed by atoms with van der Waals surface area (Å²) in [4.78, 5) is 36.0. The summed E-state index contributed by atoms with van der Waals surface area (Å²) in [6.07, 6.45) is 1.30. The van der Waals surface area contributed by atoms with Crippen LogP contribution in [0.1, 0.15) is 50.7 Å². The Kier molecular flexibility index (Phi) is 9.69. The molecule has 8 nitrogen and oxygen atoms in total. The van der Waals surface area contributed by atoms with E-state index < -0.39 is 16.8 Å². The number of carbonyl (C=O) groups excluding carboxylic acids is 2. The van der Waals surface area contributed by atoms with Gasteiger partial charge in [-0.1, -0.05) is 60.3 Å². The van der Waals surface area contributed by atoms with Crippen molar-refractivity contribution in [3.63, 3.8) is 0 Å². The highest BCUT2D eigenvalue weighted by Crippen LogP contribution is 2.42. The number of nitrogens with zero attached hydrogens (tertiary/aromatic N) is 1. The molecule has 1 aliphatic heterocycles. The molecular weight excluding hydrogens is 480 g/mol. The molecule has 1 N–H and O–H groups in total. The van der Waals surface area contributed by atoms with E-state index in [-0.39, 0.29) is 29.6 Å². The van der Waals surface area contributed by atoms with E-state index in [9.17, 15) is 19.7 Å². The van der Waals surface area contributed by atoms with Gasteiger partial charge in [-0.3, -0.25) is 14.9 Å². The highest BCUT2D eigenvalue weighted by Gasteiger charge is 2.42. The number of thioether (sulfide) groups is 1. The molecule has 9 heteroatoms. The van der Waals surface area contributed by atoms with Crippen LogP contribution in [0.15, 0.2) is 77.3 Å². The Morgan fingerprint density at radius 3 is 2.42 bits per heavy atom. The van der Waals surface area contributed by atoms with E-state index in [2.05, 4.69) is 5.32 Å². The molecule has 1 atom stereocenters. The zero-order valence-corrected chi connectivity index (χ0v) is 21.4. The van der Waals surface area contributed by atoms with Crippen LogP contribution in [0.25, 0.3) is 0 Å². The molecule has 36 heavy (non-hydrogen) atoms. The number of rotatable bonds is 11. The Hall–Kier alpha value is -3.59. The quantitative estimate of drug-likeness (QED) is 0.187. The number of dihydropyridines is 1. The van der Waals surface area contributed by atoms with E-state index in [0.29, 0.717) is 41.3 Å². The van der Waals surface area contributed by atoms with E-state index in [4.69, 9.17) is 9.47 Å². The average Bonchev–Trinajstić information content (AvgIpc) is 2.84. The zero-order valence-electron chi connectivity index (χ0n) is 20.6. The normalized spacial score (nSPS) is 15.4. The molecule has 0 saturated carbocycles. The highest BCUT2D eigenvalue weighted by atomic mass is 32.2. The van der Waals surface area contributed by atoms with Gasteiger partial charge in [-0.2, -0.15) is 0 Å². The van der Waals surface area contributed by atoms with E-state index in [1.807, 2.05) is 30.3 Å². The van der Waals surface area contributed by atoms with E-state index in [1.54, 1.807) is 38.1 Å². The van der Waals surface area contributed by atoms with Crippen LogP contribution >= 0.6 is 11.8 Å². The smallest absolute Gasteiger partial charge is 0.336 e. The van der Waals surface area contributed by atoms with Crippen molar-refractivity contribution < 1.29 is 24.0 Å². The van der Waals surface area contributed by atoms with E-state index >= 15 is 0 Å². The summed E-state index contributed by atoms with van der Waals surface area (Å²) in [7, 11) is 0. The predicted octanol–water partition coefficient (Wildman–Crippen LogP) is 5.34. The summed E-state index contributed by atoms with van der Waals surface area (Å²) >= 11 is 1.23. The third-order valence-electron chi connectivity index (χ3n) is 5.69. The molecule has 1 heterocycles. The van der Waals surface area contributed by atoms with E-state index in [0.717, 1.165) is 5.56 Å². The van der Waals surface area contributed by atoms with Gasteiger partial charge in [0.1, 0.15) is 18.3 Å². The summed E-state index contributed by atoms with van der Waals surface area (Å²) in [6, 6.07) is 16.6. The van der Waals surface area contributed by atoms with Gasteiger partial charge in [0.2, 0.25) is 0 Å². The van der Waals surface area contributed by atoms with Crippen molar-refractivity contribution in [2.75, 3.05) is 12.4 Å². The van der Waals surface area contributed by atoms with Gasteiger partial charge in [-0.05, 0) is 38.3 Å². The van der Waals surface area contributed by atoms with Crippen LogP contribution in [0.2, 0.25) is 0 Å². The molecule has 0 bridgehead atoms. The monoisotopic (exact) mass is 510 g/mol. The number of nitrogens with one attached hydrogen (secondary N) is 1. The SMILES string of the molecule is CC(=O)SCCCCOC(=O)C1=C(C)NC(C)=C([N+](=O)[O-])C1c1ccccc1OCc1ccccc1. The fourth-order valence-electron chi connectivity index (χ4n) is 4.05. The molecule has 2 aromatic rings. The van der Waals surface area contributed by atoms with Crippen LogP contribution in [-0.4, -0.2) is 28.4 Å². The molecule has 1 unspecified atom stereocenters. The first-order chi connectivity index (χ1) is 17.3. The lowest BCUT2D eigenvalue weighted by Gasteiger charge is -2.27. The number of benzene rings is 2. The second-order valence-corrected chi connectivity index (χ2v) is 9.63. The number of para-hydroxylation sites is 1. The Balaban J connectivity index is 1.87. The number of allylic oxidation sites excluding steroid dienone is 3. The highest BCUT2D eigenvalue weighted by molar-refractivity contribution is 8.13. The van der Waals surface area contributed by atoms with Crippen LogP contribution in [0.5, 0.6) is 5.75 Å². The fraction of sp³-hybridized carbons (Fsp3) is 0.333. The lowest BCUT2D eigenvalue weighted by atomic mass is 9.83. The van der Waals surface area contributed by atoms with Crippen molar-refractivity contribution in [2.45, 2.75) is 46.1 Å². The predicted molar refractivity (Wildman–Crippen MR) is 139 cm³/mol. The topological polar surface area (TPSA) is 108 Å². The number of ether oxygens (including phenoxy) is 2. The third-order valence-corrected chi connectivity index (χ3v) is 6.59. The minimum absolute atomic E-state index is 0.0477. The molecule has 0 aliphatic carbocycles. The molecule has 0 saturated heterocycles. The van der Waals surface area contributed by atoms with Gasteiger partial charge in [-0.25, -0.2) is 4.79 Å². The lowest BCUT2D eigenvalue weighted by molar-refractivity contribution is -0.431. The minimum atomic E-state index is -0.964. The molecule has 3 rings (SSSR count). The van der Waals surface area contributed by atoms with Crippen LogP contribution in [0.3, 0.4) is 0 Å². The Morgan fingerprint density at radius 1 is 1.03 bits per heavy atom. The lowest BCUT2D eigenvalue weighted by Crippen LogP contribution is -2.32. The van der Waals surface area contributed by atoms with Gasteiger partial charge in [0.25, 0.3) is 5.70 Å². The van der Waals surface area contributed by atoms with Crippen molar-refractivity contribution in [3.8, 4) is 5.75 Å². The maximum Gasteiger partial charge on any atom is 0.336 e. The van der Waals surface area contributed by atoms with E-state index in [1.165, 1.54) is 18.7 Å². The van der Waals surface area contributed by atoms with Crippen molar-refractivity contribution in [3.05, 3.63) is 98.5 Å². The average molecular weight is 511 g/mol. The largest absolute Gasteiger partial charge is 0.489 e. The van der Waals surface area contributed by atoms with Crippen molar-refractivity contribution in [1.29, 1.82) is 0 Å². The molecule has 2 aromatic carbocycles. The summed E-state index contributed by atoms with van der Waals surface area (Å²) in [6.45, 7) is 5.28. The number of carbonyl (C=O) groups is 2. The molecule has 0 fully saturated rings. The van der Waals surface area contributed by atoms with Crippen LogP contribution in [-0.2, 0) is 20.9 Å². The first-order valence-corrected chi connectivity index (χ1v) is 12.7. The molecule has 1 aliphatic rings. The van der Waals surface area contributed by atoms with Crippen molar-refractivity contribution in [2.24, 2.45) is 0 Å². The second kappa shape index (κ2) is 12.9. The minimum Gasteiger partial charge on any atom is -0.489 e. The summed E-state index contributed by atoms with van der Waals surface area (Å²) in [5.74, 6) is -0.471. The number of esters is 1. The second-order valence-electron chi connectivity index (χ2n) is 8.36. The zero-order chi connectivity index (χ0) is 26.1. The molecular formula is C27H30N2O6S. The first kappa shape index (κ1) is 27.0. The summed E-state index contributed by atoms with van der Waals surface area (Å²) < 4.78 is 11.6. The Labute approximate surface area is 214 Å². The maximum absolute atomic E-state index is 13.2. The van der Waals surface area contributed by atoms with Gasteiger partial charge in [-0.15, -0.1) is 0 Å². The van der Waals surface area contributed by atoms with Crippen LogP contribution in [0.4, 0.5) is 0 Å². The Bertz CT molecular complexity index is 1180. The third kappa shape index (κ3) is 6.97. The molecule has 0 aromatic heterocycles. The van der Waals surface area contributed by atoms with Gasteiger partial charge in [0, 0.05) is 23.9 Å². The maximum atomic E-state index is 13.2. The molecule has 190 valence electrons. The standard InChI is InChI=1S/C27H30N2O6S/c1-18-24(27(31)34-15-9-10-16-36-20(3)30)25(26(29(32)33)19(2)28-18)22-13-7-8-14-23(22)35-17-21-11-5-4-6-12-21/h4-8,11-14,25,28H,9-10,15-17H2,1-3H3. The Morgan fingerprint density at radius 2 is 1.72 bits per heavy atom.